The van der Waals surface area contributed by atoms with E-state index in [2.05, 4.69) is 5.32 Å². The van der Waals surface area contributed by atoms with E-state index in [0.29, 0.717) is 11.8 Å². The minimum absolute atomic E-state index is 0.152. The number of nitrogens with two attached hydrogens (primary N) is 1. The molecule has 2 rings (SSSR count). The third-order valence-corrected chi connectivity index (χ3v) is 3.68. The molecule has 3 heteroatoms. The van der Waals surface area contributed by atoms with Crippen LogP contribution in [0.15, 0.2) is 24.3 Å². The minimum Gasteiger partial charge on any atom is -0.330 e. The van der Waals surface area contributed by atoms with Gasteiger partial charge < -0.3 is 11.1 Å². The second-order valence-corrected chi connectivity index (χ2v) is 4.84. The van der Waals surface area contributed by atoms with Crippen LogP contribution in [0.1, 0.15) is 30.7 Å². The molecule has 0 aromatic heterocycles. The molecule has 0 spiro atoms. The van der Waals surface area contributed by atoms with Crippen LogP contribution in [-0.4, -0.2) is 19.6 Å². The van der Waals surface area contributed by atoms with Gasteiger partial charge in [0.25, 0.3) is 0 Å². The van der Waals surface area contributed by atoms with Crippen molar-refractivity contribution < 1.29 is 4.39 Å². The van der Waals surface area contributed by atoms with E-state index in [1.54, 1.807) is 12.1 Å². The quantitative estimate of drug-likeness (QED) is 0.841. The predicted octanol–water partition coefficient (Wildman–Crippen LogP) is 2.26. The topological polar surface area (TPSA) is 38.0 Å². The number of piperidine rings is 1. The maximum absolute atomic E-state index is 12.9. The highest BCUT2D eigenvalue weighted by Gasteiger charge is 2.25. The molecule has 1 aliphatic heterocycles. The smallest absolute Gasteiger partial charge is 0.123 e. The molecule has 0 saturated carbocycles. The van der Waals surface area contributed by atoms with E-state index in [0.717, 1.165) is 38.9 Å². The van der Waals surface area contributed by atoms with Crippen LogP contribution < -0.4 is 11.1 Å². The fourth-order valence-corrected chi connectivity index (χ4v) is 2.76. The third-order valence-electron chi connectivity index (χ3n) is 3.68. The van der Waals surface area contributed by atoms with Crippen molar-refractivity contribution in [2.24, 2.45) is 11.7 Å². The zero-order valence-corrected chi connectivity index (χ0v) is 10.2. The van der Waals surface area contributed by atoms with Crippen LogP contribution >= 0.6 is 0 Å². The molecule has 2 unspecified atom stereocenters. The molecule has 1 heterocycles. The van der Waals surface area contributed by atoms with Crippen LogP contribution in [0, 0.1) is 11.7 Å². The van der Waals surface area contributed by atoms with E-state index >= 15 is 0 Å². The summed E-state index contributed by atoms with van der Waals surface area (Å²) in [5, 5.41) is 3.44. The number of benzene rings is 1. The van der Waals surface area contributed by atoms with Gasteiger partial charge in [-0.05, 0) is 68.4 Å². The molecule has 17 heavy (non-hydrogen) atoms. The molecule has 2 atom stereocenters. The van der Waals surface area contributed by atoms with E-state index in [1.165, 1.54) is 5.56 Å². The van der Waals surface area contributed by atoms with Gasteiger partial charge in [-0.25, -0.2) is 4.39 Å². The lowest BCUT2D eigenvalue weighted by atomic mass is 9.79. The Labute approximate surface area is 102 Å². The molecule has 2 nitrogen and oxygen atoms in total. The number of halogens is 1. The molecule has 0 bridgehead atoms. The normalized spacial score (nSPS) is 24.8. The molecular formula is C14H21FN2. The van der Waals surface area contributed by atoms with Crippen molar-refractivity contribution in [2.45, 2.75) is 25.2 Å². The number of hydrogen-bond acceptors (Lipinski definition) is 2. The summed E-state index contributed by atoms with van der Waals surface area (Å²) in [6.07, 6.45) is 3.37. The molecule has 1 aromatic carbocycles. The molecule has 94 valence electrons. The maximum atomic E-state index is 12.9. The van der Waals surface area contributed by atoms with Gasteiger partial charge in [-0.2, -0.15) is 0 Å². The van der Waals surface area contributed by atoms with Crippen molar-refractivity contribution >= 4 is 0 Å². The Morgan fingerprint density at radius 1 is 1.29 bits per heavy atom. The molecule has 1 aromatic rings. The average Bonchev–Trinajstić information content (AvgIpc) is 2.38. The Kier molecular flexibility index (Phi) is 4.51. The van der Waals surface area contributed by atoms with E-state index in [9.17, 15) is 4.39 Å². The Hall–Kier alpha value is -0.930. The minimum atomic E-state index is -0.152. The summed E-state index contributed by atoms with van der Waals surface area (Å²) in [5.74, 6) is 1.04. The lowest BCUT2D eigenvalue weighted by Crippen LogP contribution is -2.35. The highest BCUT2D eigenvalue weighted by Crippen LogP contribution is 2.32. The van der Waals surface area contributed by atoms with Gasteiger partial charge in [0, 0.05) is 0 Å². The Bertz CT molecular complexity index is 337. The van der Waals surface area contributed by atoms with Gasteiger partial charge >= 0.3 is 0 Å². The summed E-state index contributed by atoms with van der Waals surface area (Å²) >= 11 is 0. The highest BCUT2D eigenvalue weighted by atomic mass is 19.1. The Balaban J connectivity index is 2.07. The molecule has 0 aliphatic carbocycles. The van der Waals surface area contributed by atoms with E-state index in [-0.39, 0.29) is 5.82 Å². The maximum Gasteiger partial charge on any atom is 0.123 e. The van der Waals surface area contributed by atoms with Gasteiger partial charge in [-0.15, -0.1) is 0 Å². The summed E-state index contributed by atoms with van der Waals surface area (Å²) in [5.41, 5.74) is 6.85. The van der Waals surface area contributed by atoms with Gasteiger partial charge in [0.1, 0.15) is 5.82 Å². The summed E-state index contributed by atoms with van der Waals surface area (Å²) in [6.45, 7) is 2.87. The highest BCUT2D eigenvalue weighted by molar-refractivity contribution is 5.22. The van der Waals surface area contributed by atoms with Crippen molar-refractivity contribution in [1.29, 1.82) is 0 Å². The summed E-state index contributed by atoms with van der Waals surface area (Å²) in [7, 11) is 0. The van der Waals surface area contributed by atoms with Crippen molar-refractivity contribution in [3.63, 3.8) is 0 Å². The molecule has 3 N–H and O–H groups in total. The van der Waals surface area contributed by atoms with Gasteiger partial charge in [0.05, 0.1) is 0 Å². The van der Waals surface area contributed by atoms with Crippen molar-refractivity contribution in [3.05, 3.63) is 35.6 Å². The molecule has 0 radical (unpaired) electrons. The largest absolute Gasteiger partial charge is 0.330 e. The average molecular weight is 236 g/mol. The van der Waals surface area contributed by atoms with E-state index in [4.69, 9.17) is 5.73 Å². The van der Waals surface area contributed by atoms with E-state index < -0.39 is 0 Å². The van der Waals surface area contributed by atoms with Gasteiger partial charge in [-0.1, -0.05) is 12.1 Å². The first-order valence-electron chi connectivity index (χ1n) is 6.47. The molecule has 1 fully saturated rings. The zero-order valence-electron chi connectivity index (χ0n) is 10.2. The monoisotopic (exact) mass is 236 g/mol. The Morgan fingerprint density at radius 3 is 2.76 bits per heavy atom. The van der Waals surface area contributed by atoms with Crippen LogP contribution in [-0.2, 0) is 0 Å². The second-order valence-electron chi connectivity index (χ2n) is 4.84. The van der Waals surface area contributed by atoms with Crippen molar-refractivity contribution in [1.82, 2.24) is 5.32 Å². The zero-order chi connectivity index (χ0) is 12.1. The molecular weight excluding hydrogens is 215 g/mol. The van der Waals surface area contributed by atoms with Gasteiger partial charge in [0.15, 0.2) is 0 Å². The van der Waals surface area contributed by atoms with Crippen LogP contribution in [0.5, 0.6) is 0 Å². The first kappa shape index (κ1) is 12.5. The fraction of sp³-hybridized carbons (Fsp3) is 0.571. The second kappa shape index (κ2) is 6.12. The number of hydrogen-bond donors (Lipinski definition) is 2. The van der Waals surface area contributed by atoms with Crippen LogP contribution in [0.3, 0.4) is 0 Å². The SMILES string of the molecule is NCCCC1CNCCC1c1ccc(F)cc1. The fourth-order valence-electron chi connectivity index (χ4n) is 2.76. The molecule has 1 aliphatic rings. The predicted molar refractivity (Wildman–Crippen MR) is 68.4 cm³/mol. The first-order valence-corrected chi connectivity index (χ1v) is 6.47. The third kappa shape index (κ3) is 3.27. The molecule has 0 amide bonds. The Morgan fingerprint density at radius 2 is 2.06 bits per heavy atom. The van der Waals surface area contributed by atoms with E-state index in [1.807, 2.05) is 12.1 Å². The summed E-state index contributed by atoms with van der Waals surface area (Å²) < 4.78 is 12.9. The summed E-state index contributed by atoms with van der Waals surface area (Å²) in [6, 6.07) is 7.00. The van der Waals surface area contributed by atoms with Gasteiger partial charge in [-0.3, -0.25) is 0 Å². The lowest BCUT2D eigenvalue weighted by Gasteiger charge is -2.32. The van der Waals surface area contributed by atoms with Crippen LogP contribution in [0.4, 0.5) is 4.39 Å². The lowest BCUT2D eigenvalue weighted by molar-refractivity contribution is 0.304. The van der Waals surface area contributed by atoms with Gasteiger partial charge in [0.2, 0.25) is 0 Å². The van der Waals surface area contributed by atoms with Crippen LogP contribution in [0.2, 0.25) is 0 Å². The first-order chi connectivity index (χ1) is 8.31. The number of rotatable bonds is 4. The van der Waals surface area contributed by atoms with Crippen LogP contribution in [0.25, 0.3) is 0 Å². The summed E-state index contributed by atoms with van der Waals surface area (Å²) in [4.78, 5) is 0. The molecule has 1 saturated heterocycles. The van der Waals surface area contributed by atoms with Crippen molar-refractivity contribution in [3.8, 4) is 0 Å². The standard InChI is InChI=1S/C14H21FN2/c15-13-5-3-11(4-6-13)14-7-9-17-10-12(14)2-1-8-16/h3-6,12,14,17H,1-2,7-10,16H2. The van der Waals surface area contributed by atoms with Crippen molar-refractivity contribution in [2.75, 3.05) is 19.6 Å². The number of nitrogens with one attached hydrogen (secondary N) is 1.